The van der Waals surface area contributed by atoms with Gasteiger partial charge in [0.05, 0.1) is 25.5 Å². The molecule has 0 saturated carbocycles. The van der Waals surface area contributed by atoms with Gasteiger partial charge in [-0.05, 0) is 18.6 Å². The number of nitrogens with zero attached hydrogens (tertiary/aromatic N) is 2. The Labute approximate surface area is 117 Å². The molecule has 0 amide bonds. The van der Waals surface area contributed by atoms with Crippen molar-refractivity contribution in [3.05, 3.63) is 47.9 Å². The zero-order valence-corrected chi connectivity index (χ0v) is 11.3. The lowest BCUT2D eigenvalue weighted by Crippen LogP contribution is -2.12. The van der Waals surface area contributed by atoms with Gasteiger partial charge in [0.1, 0.15) is 5.82 Å². The highest BCUT2D eigenvalue weighted by atomic mass is 16.5. The smallest absolute Gasteiger partial charge is 0.358 e. The van der Waals surface area contributed by atoms with Gasteiger partial charge in [0.25, 0.3) is 0 Å². The van der Waals surface area contributed by atoms with Crippen LogP contribution < -0.4 is 11.1 Å². The minimum atomic E-state index is -0.520. The van der Waals surface area contributed by atoms with Crippen LogP contribution in [-0.2, 0) is 4.74 Å². The fourth-order valence-corrected chi connectivity index (χ4v) is 1.84. The molecule has 0 bridgehead atoms. The molecular weight excluding hydrogens is 256 g/mol. The minimum absolute atomic E-state index is 0.0570. The summed E-state index contributed by atoms with van der Waals surface area (Å²) in [4.78, 5) is 19.5. The Morgan fingerprint density at radius 3 is 2.80 bits per heavy atom. The van der Waals surface area contributed by atoms with E-state index in [1.54, 1.807) is 6.20 Å². The summed E-state index contributed by atoms with van der Waals surface area (Å²) in [6.45, 7) is 1.96. The molecule has 0 radical (unpaired) electrons. The topological polar surface area (TPSA) is 90.1 Å². The highest BCUT2D eigenvalue weighted by Crippen LogP contribution is 2.22. The van der Waals surface area contributed by atoms with Gasteiger partial charge in [-0.1, -0.05) is 18.2 Å². The molecule has 0 aliphatic heterocycles. The van der Waals surface area contributed by atoms with Crippen molar-refractivity contribution < 1.29 is 9.53 Å². The highest BCUT2D eigenvalue weighted by Gasteiger charge is 2.12. The number of aromatic nitrogens is 2. The van der Waals surface area contributed by atoms with Crippen molar-refractivity contribution in [2.45, 2.75) is 13.0 Å². The number of nitrogens with two attached hydrogens (primary N) is 1. The molecule has 1 atom stereocenters. The number of ether oxygens (including phenoxy) is 1. The number of methoxy groups -OCH3 is 1. The van der Waals surface area contributed by atoms with E-state index in [0.717, 1.165) is 5.56 Å². The minimum Gasteiger partial charge on any atom is -0.464 e. The molecule has 2 aromatic rings. The van der Waals surface area contributed by atoms with Crippen LogP contribution in [0.3, 0.4) is 0 Å². The number of para-hydroxylation sites is 1. The molecule has 104 valence electrons. The number of carbonyl (C=O) groups excluding carboxylic acids is 1. The molecule has 6 heteroatoms. The van der Waals surface area contributed by atoms with Crippen LogP contribution in [0.25, 0.3) is 0 Å². The number of anilines is 2. The SMILES string of the molecule is COC(=O)c1cncc(NC(C)c2ccccc2N)n1. The highest BCUT2D eigenvalue weighted by molar-refractivity contribution is 5.87. The number of hydrogen-bond acceptors (Lipinski definition) is 6. The van der Waals surface area contributed by atoms with Gasteiger partial charge in [0.15, 0.2) is 5.69 Å². The van der Waals surface area contributed by atoms with Crippen molar-refractivity contribution in [1.82, 2.24) is 9.97 Å². The number of rotatable bonds is 4. The summed E-state index contributed by atoms with van der Waals surface area (Å²) in [5.41, 5.74) is 7.74. The lowest BCUT2D eigenvalue weighted by molar-refractivity contribution is 0.0593. The molecule has 1 heterocycles. The zero-order valence-electron chi connectivity index (χ0n) is 11.3. The van der Waals surface area contributed by atoms with Crippen LogP contribution in [0.5, 0.6) is 0 Å². The summed E-state index contributed by atoms with van der Waals surface area (Å²) in [7, 11) is 1.30. The predicted octanol–water partition coefficient (Wildman–Crippen LogP) is 2.02. The van der Waals surface area contributed by atoms with Crippen LogP contribution in [0.1, 0.15) is 29.0 Å². The third-order valence-corrected chi connectivity index (χ3v) is 2.86. The average molecular weight is 272 g/mol. The molecule has 20 heavy (non-hydrogen) atoms. The summed E-state index contributed by atoms with van der Waals surface area (Å²) < 4.78 is 4.61. The second-order valence-corrected chi connectivity index (χ2v) is 4.28. The summed E-state index contributed by atoms with van der Waals surface area (Å²) in [6.07, 6.45) is 2.90. The third-order valence-electron chi connectivity index (χ3n) is 2.86. The number of esters is 1. The maximum atomic E-state index is 11.4. The van der Waals surface area contributed by atoms with Crippen LogP contribution in [0, 0.1) is 0 Å². The Kier molecular flexibility index (Phi) is 4.14. The Morgan fingerprint density at radius 2 is 2.10 bits per heavy atom. The maximum absolute atomic E-state index is 11.4. The zero-order chi connectivity index (χ0) is 14.5. The first kappa shape index (κ1) is 13.8. The Balaban J connectivity index is 2.18. The largest absolute Gasteiger partial charge is 0.464 e. The van der Waals surface area contributed by atoms with Crippen LogP contribution in [0.4, 0.5) is 11.5 Å². The molecule has 3 N–H and O–H groups in total. The van der Waals surface area contributed by atoms with Crippen LogP contribution in [0.2, 0.25) is 0 Å². The van der Waals surface area contributed by atoms with Crippen molar-refractivity contribution in [2.24, 2.45) is 0 Å². The Bertz CT molecular complexity index is 616. The molecular formula is C14H16N4O2. The summed E-state index contributed by atoms with van der Waals surface area (Å²) in [5.74, 6) is -0.0309. The fraction of sp³-hybridized carbons (Fsp3) is 0.214. The first-order chi connectivity index (χ1) is 9.61. The van der Waals surface area contributed by atoms with Crippen molar-refractivity contribution in [3.63, 3.8) is 0 Å². The lowest BCUT2D eigenvalue weighted by Gasteiger charge is -2.16. The van der Waals surface area contributed by atoms with E-state index in [2.05, 4.69) is 20.0 Å². The molecule has 0 fully saturated rings. The maximum Gasteiger partial charge on any atom is 0.358 e. The molecule has 0 aliphatic rings. The molecule has 0 spiro atoms. The molecule has 0 aliphatic carbocycles. The number of carbonyl (C=O) groups is 1. The number of nitrogen functional groups attached to an aromatic ring is 1. The first-order valence-corrected chi connectivity index (χ1v) is 6.13. The van der Waals surface area contributed by atoms with Gasteiger partial charge in [0.2, 0.25) is 0 Å². The Morgan fingerprint density at radius 1 is 1.35 bits per heavy atom. The van der Waals surface area contributed by atoms with Crippen LogP contribution >= 0.6 is 0 Å². The van der Waals surface area contributed by atoms with Crippen LogP contribution in [0.15, 0.2) is 36.7 Å². The van der Waals surface area contributed by atoms with Gasteiger partial charge in [-0.2, -0.15) is 0 Å². The summed E-state index contributed by atoms with van der Waals surface area (Å²) in [5, 5.41) is 3.16. The monoisotopic (exact) mass is 272 g/mol. The normalized spacial score (nSPS) is 11.7. The van der Waals surface area contributed by atoms with Gasteiger partial charge in [-0.15, -0.1) is 0 Å². The van der Waals surface area contributed by atoms with Gasteiger partial charge in [0, 0.05) is 5.69 Å². The Hall–Kier alpha value is -2.63. The van der Waals surface area contributed by atoms with E-state index in [1.807, 2.05) is 31.2 Å². The summed E-state index contributed by atoms with van der Waals surface area (Å²) >= 11 is 0. The molecule has 6 nitrogen and oxygen atoms in total. The van der Waals surface area contributed by atoms with Gasteiger partial charge >= 0.3 is 5.97 Å². The van der Waals surface area contributed by atoms with Gasteiger partial charge < -0.3 is 15.8 Å². The van der Waals surface area contributed by atoms with Gasteiger partial charge in [-0.3, -0.25) is 4.98 Å². The van der Waals surface area contributed by atoms with Crippen molar-refractivity contribution in [1.29, 1.82) is 0 Å². The quantitative estimate of drug-likeness (QED) is 0.653. The average Bonchev–Trinajstić information content (AvgIpc) is 2.47. The second-order valence-electron chi connectivity index (χ2n) is 4.28. The van der Waals surface area contributed by atoms with Gasteiger partial charge in [-0.25, -0.2) is 9.78 Å². The number of nitrogens with one attached hydrogen (secondary N) is 1. The van der Waals surface area contributed by atoms with E-state index in [1.165, 1.54) is 13.3 Å². The molecule has 1 aromatic carbocycles. The molecule has 1 unspecified atom stereocenters. The standard InChI is InChI=1S/C14H16N4O2/c1-9(10-5-3-4-6-11(10)15)17-13-8-16-7-12(18-13)14(19)20-2/h3-9H,15H2,1-2H3,(H,17,18). The third kappa shape index (κ3) is 3.03. The number of hydrogen-bond donors (Lipinski definition) is 2. The van der Waals surface area contributed by atoms with Crippen LogP contribution in [-0.4, -0.2) is 23.0 Å². The van der Waals surface area contributed by atoms with Crippen molar-refractivity contribution in [2.75, 3.05) is 18.2 Å². The second kappa shape index (κ2) is 6.01. The van der Waals surface area contributed by atoms with E-state index in [0.29, 0.717) is 11.5 Å². The fourth-order valence-electron chi connectivity index (χ4n) is 1.84. The molecule has 2 rings (SSSR count). The van der Waals surface area contributed by atoms with E-state index in [-0.39, 0.29) is 11.7 Å². The lowest BCUT2D eigenvalue weighted by atomic mass is 10.1. The number of benzene rings is 1. The van der Waals surface area contributed by atoms with E-state index in [9.17, 15) is 4.79 Å². The first-order valence-electron chi connectivity index (χ1n) is 6.13. The molecule has 1 aromatic heterocycles. The van der Waals surface area contributed by atoms with E-state index >= 15 is 0 Å². The van der Waals surface area contributed by atoms with E-state index in [4.69, 9.17) is 5.73 Å². The summed E-state index contributed by atoms with van der Waals surface area (Å²) in [6, 6.07) is 7.51. The van der Waals surface area contributed by atoms with Crippen molar-refractivity contribution >= 4 is 17.5 Å². The van der Waals surface area contributed by atoms with Crippen molar-refractivity contribution in [3.8, 4) is 0 Å². The van der Waals surface area contributed by atoms with E-state index < -0.39 is 5.97 Å². The molecule has 0 saturated heterocycles. The predicted molar refractivity (Wildman–Crippen MR) is 76.3 cm³/mol.